The van der Waals surface area contributed by atoms with E-state index in [1.807, 2.05) is 0 Å². The van der Waals surface area contributed by atoms with Crippen LogP contribution in [0.25, 0.3) is 0 Å². The van der Waals surface area contributed by atoms with Crippen LogP contribution in [-0.2, 0) is 6.54 Å². The summed E-state index contributed by atoms with van der Waals surface area (Å²) >= 11 is 0. The summed E-state index contributed by atoms with van der Waals surface area (Å²) in [7, 11) is 1.39. The molecule has 2 aromatic carbocycles. The van der Waals surface area contributed by atoms with Gasteiger partial charge in [0.25, 0.3) is 0 Å². The van der Waals surface area contributed by atoms with Gasteiger partial charge in [-0.2, -0.15) is 0 Å². The van der Waals surface area contributed by atoms with Gasteiger partial charge in [0, 0.05) is 6.54 Å². The molecular formula is C17H17NO6. The maximum Gasteiger partial charge on any atom is 0.336 e. The zero-order valence-corrected chi connectivity index (χ0v) is 12.9. The summed E-state index contributed by atoms with van der Waals surface area (Å²) in [5.41, 5.74) is 0.980. The highest BCUT2D eigenvalue weighted by atomic mass is 16.5. The van der Waals surface area contributed by atoms with E-state index in [0.717, 1.165) is 5.56 Å². The predicted octanol–water partition coefficient (Wildman–Crippen LogP) is 1.87. The first-order valence-electron chi connectivity index (χ1n) is 7.08. The third-order valence-electron chi connectivity index (χ3n) is 3.49. The van der Waals surface area contributed by atoms with Crippen LogP contribution in [0.1, 0.15) is 38.1 Å². The molecule has 126 valence electrons. The molecule has 4 N–H and O–H groups in total. The average Bonchev–Trinajstić information content (AvgIpc) is 2.59. The van der Waals surface area contributed by atoms with Gasteiger partial charge in [0.05, 0.1) is 23.8 Å². The third kappa shape index (κ3) is 3.89. The number of carboxylic acids is 2. The van der Waals surface area contributed by atoms with Crippen molar-refractivity contribution in [2.45, 2.75) is 12.8 Å². The lowest BCUT2D eigenvalue weighted by Gasteiger charge is -2.18. The summed E-state index contributed by atoms with van der Waals surface area (Å²) in [5, 5.41) is 31.2. The Hall–Kier alpha value is -2.90. The predicted molar refractivity (Wildman–Crippen MR) is 85.2 cm³/mol. The first-order valence-corrected chi connectivity index (χ1v) is 7.08. The van der Waals surface area contributed by atoms with E-state index < -0.39 is 18.2 Å². The van der Waals surface area contributed by atoms with Gasteiger partial charge in [0.2, 0.25) is 0 Å². The van der Waals surface area contributed by atoms with E-state index in [-0.39, 0.29) is 29.0 Å². The van der Waals surface area contributed by atoms with Gasteiger partial charge < -0.3 is 20.1 Å². The molecule has 0 radical (unpaired) electrons. The van der Waals surface area contributed by atoms with Crippen LogP contribution in [0.5, 0.6) is 5.75 Å². The van der Waals surface area contributed by atoms with Crippen LogP contribution in [0, 0.1) is 0 Å². The number of aromatic carboxylic acids is 2. The Morgan fingerprint density at radius 1 is 1.08 bits per heavy atom. The number of ether oxygens (including phenoxy) is 1. The summed E-state index contributed by atoms with van der Waals surface area (Å²) < 4.78 is 5.12. The summed E-state index contributed by atoms with van der Waals surface area (Å²) in [6.45, 7) is 0.220. The number of aliphatic hydroxyl groups excluding tert-OH is 1. The number of nitrogens with one attached hydrogen (secondary N) is 1. The second kappa shape index (κ2) is 7.58. The van der Waals surface area contributed by atoms with Crippen molar-refractivity contribution in [1.29, 1.82) is 0 Å². The topological polar surface area (TPSA) is 116 Å². The number of rotatable bonds is 7. The molecule has 0 bridgehead atoms. The van der Waals surface area contributed by atoms with Crippen LogP contribution in [0.3, 0.4) is 0 Å². The van der Waals surface area contributed by atoms with E-state index in [2.05, 4.69) is 5.32 Å². The molecule has 0 amide bonds. The minimum absolute atomic E-state index is 0.0597. The van der Waals surface area contributed by atoms with E-state index >= 15 is 0 Å². The molecular weight excluding hydrogens is 314 g/mol. The van der Waals surface area contributed by atoms with Crippen molar-refractivity contribution in [3.63, 3.8) is 0 Å². The second-order valence-corrected chi connectivity index (χ2v) is 5.01. The molecule has 1 atom stereocenters. The molecule has 0 aliphatic heterocycles. The molecule has 1 unspecified atom stereocenters. The zero-order chi connectivity index (χ0) is 17.7. The van der Waals surface area contributed by atoms with Crippen LogP contribution in [0.15, 0.2) is 42.5 Å². The van der Waals surface area contributed by atoms with Crippen molar-refractivity contribution >= 4 is 11.9 Å². The Morgan fingerprint density at radius 2 is 1.75 bits per heavy atom. The number of methoxy groups -OCH3 is 1. The molecule has 2 rings (SSSR count). The maximum absolute atomic E-state index is 11.3. The molecule has 0 heterocycles. The average molecular weight is 331 g/mol. The largest absolute Gasteiger partial charge is 0.496 e. The number of carbonyl (C=O) groups is 2. The van der Waals surface area contributed by atoms with Crippen molar-refractivity contribution < 1.29 is 29.6 Å². The maximum atomic E-state index is 11.3. The highest BCUT2D eigenvalue weighted by Gasteiger charge is 2.21. The molecule has 0 saturated heterocycles. The van der Waals surface area contributed by atoms with Crippen molar-refractivity contribution in [2.24, 2.45) is 0 Å². The van der Waals surface area contributed by atoms with Crippen molar-refractivity contribution in [3.8, 4) is 5.75 Å². The fourth-order valence-corrected chi connectivity index (χ4v) is 2.27. The van der Waals surface area contributed by atoms with Gasteiger partial charge >= 0.3 is 11.9 Å². The van der Waals surface area contributed by atoms with Gasteiger partial charge in [-0.1, -0.05) is 18.2 Å². The van der Waals surface area contributed by atoms with E-state index in [4.69, 9.17) is 9.84 Å². The standard InChI is InChI=1S/C17H17NO6/c1-24-13-4-2-3-12(17(22)23)14(13)15(19)18-9-10-5-7-11(8-6-10)16(20)21/h2-8,15,18-19H,9H2,1H3,(H,20,21)(H,22,23). The molecule has 2 aromatic rings. The summed E-state index contributed by atoms with van der Waals surface area (Å²) in [6.07, 6.45) is -1.26. The van der Waals surface area contributed by atoms with Crippen molar-refractivity contribution in [3.05, 3.63) is 64.7 Å². The van der Waals surface area contributed by atoms with E-state index in [1.165, 1.54) is 31.4 Å². The molecule has 0 aromatic heterocycles. The number of benzene rings is 2. The van der Waals surface area contributed by atoms with Gasteiger partial charge in [0.15, 0.2) is 0 Å². The van der Waals surface area contributed by atoms with Crippen LogP contribution < -0.4 is 10.1 Å². The molecule has 24 heavy (non-hydrogen) atoms. The molecule has 0 aliphatic carbocycles. The monoisotopic (exact) mass is 331 g/mol. The van der Waals surface area contributed by atoms with Crippen molar-refractivity contribution in [2.75, 3.05) is 7.11 Å². The third-order valence-corrected chi connectivity index (χ3v) is 3.49. The molecule has 7 heteroatoms. The van der Waals surface area contributed by atoms with Gasteiger partial charge in [-0.25, -0.2) is 9.59 Å². The first-order chi connectivity index (χ1) is 11.4. The normalized spacial score (nSPS) is 11.8. The summed E-state index contributed by atoms with van der Waals surface area (Å²) in [6, 6.07) is 10.6. The van der Waals surface area contributed by atoms with E-state index in [0.29, 0.717) is 0 Å². The van der Waals surface area contributed by atoms with Crippen LogP contribution in [-0.4, -0.2) is 34.4 Å². The van der Waals surface area contributed by atoms with E-state index in [9.17, 15) is 19.8 Å². The molecule has 7 nitrogen and oxygen atoms in total. The Labute approximate surface area is 138 Å². The number of aliphatic hydroxyl groups is 1. The molecule has 0 spiro atoms. The van der Waals surface area contributed by atoms with Crippen LogP contribution in [0.2, 0.25) is 0 Å². The SMILES string of the molecule is COc1cccc(C(=O)O)c1C(O)NCc1ccc(C(=O)O)cc1. The lowest BCUT2D eigenvalue weighted by Crippen LogP contribution is -2.23. The fourth-order valence-electron chi connectivity index (χ4n) is 2.27. The molecule has 0 fully saturated rings. The Balaban J connectivity index is 2.16. The minimum atomic E-state index is -1.26. The van der Waals surface area contributed by atoms with Gasteiger partial charge in [-0.05, 0) is 29.8 Å². The zero-order valence-electron chi connectivity index (χ0n) is 12.9. The second-order valence-electron chi connectivity index (χ2n) is 5.01. The molecule has 0 saturated carbocycles. The Morgan fingerprint density at radius 3 is 2.29 bits per heavy atom. The smallest absolute Gasteiger partial charge is 0.336 e. The lowest BCUT2D eigenvalue weighted by molar-refractivity contribution is 0.0678. The highest BCUT2D eigenvalue weighted by molar-refractivity contribution is 5.90. The fraction of sp³-hybridized carbons (Fsp3) is 0.176. The lowest BCUT2D eigenvalue weighted by atomic mass is 10.0. The number of hydrogen-bond acceptors (Lipinski definition) is 5. The van der Waals surface area contributed by atoms with E-state index in [1.54, 1.807) is 18.2 Å². The Kier molecular flexibility index (Phi) is 5.51. The number of carboxylic acid groups (broad SMARTS) is 2. The van der Waals surface area contributed by atoms with Gasteiger partial charge in [-0.3, -0.25) is 5.32 Å². The van der Waals surface area contributed by atoms with Gasteiger partial charge in [0.1, 0.15) is 12.0 Å². The quantitative estimate of drug-likeness (QED) is 0.572. The van der Waals surface area contributed by atoms with Crippen molar-refractivity contribution in [1.82, 2.24) is 5.32 Å². The first kappa shape index (κ1) is 17.5. The highest BCUT2D eigenvalue weighted by Crippen LogP contribution is 2.27. The summed E-state index contributed by atoms with van der Waals surface area (Å²) in [4.78, 5) is 22.1. The summed E-state index contributed by atoms with van der Waals surface area (Å²) in [5.74, 6) is -1.93. The molecule has 0 aliphatic rings. The number of hydrogen-bond donors (Lipinski definition) is 4. The van der Waals surface area contributed by atoms with Crippen LogP contribution in [0.4, 0.5) is 0 Å². The van der Waals surface area contributed by atoms with Gasteiger partial charge in [-0.15, -0.1) is 0 Å². The minimum Gasteiger partial charge on any atom is -0.496 e. The Bertz CT molecular complexity index is 741. The van der Waals surface area contributed by atoms with Crippen LogP contribution >= 0.6 is 0 Å².